The number of hydrogen-bond donors (Lipinski definition) is 1. The van der Waals surface area contributed by atoms with Crippen molar-refractivity contribution in [2.24, 2.45) is 0 Å². The fraction of sp³-hybridized carbons (Fsp3) is 0.143. The van der Waals surface area contributed by atoms with Gasteiger partial charge in [0.2, 0.25) is 0 Å². The van der Waals surface area contributed by atoms with Gasteiger partial charge in [-0.25, -0.2) is 0 Å². The SMILES string of the molecule is OCC#Cc1csc(CSc2cccc(Cl)c2)c1. The molecule has 1 aromatic heterocycles. The molecule has 2 aromatic rings. The number of benzene rings is 1. The minimum Gasteiger partial charge on any atom is -0.384 e. The van der Waals surface area contributed by atoms with E-state index in [0.29, 0.717) is 0 Å². The second kappa shape index (κ2) is 6.86. The second-order valence-corrected chi connectivity index (χ2v) is 5.99. The van der Waals surface area contributed by atoms with Gasteiger partial charge in [-0.15, -0.1) is 23.1 Å². The quantitative estimate of drug-likeness (QED) is 0.681. The van der Waals surface area contributed by atoms with E-state index < -0.39 is 0 Å². The Morgan fingerprint density at radius 3 is 3.00 bits per heavy atom. The van der Waals surface area contributed by atoms with Crippen LogP contribution in [-0.4, -0.2) is 11.7 Å². The standard InChI is InChI=1S/C14H11ClOS2/c15-12-4-1-5-13(8-12)18-10-14-7-11(9-17-14)3-2-6-16/h1,4-5,7-9,16H,6,10H2. The number of halogens is 1. The Kier molecular flexibility index (Phi) is 5.15. The van der Waals surface area contributed by atoms with Crippen LogP contribution in [0, 0.1) is 11.8 Å². The molecule has 0 saturated carbocycles. The van der Waals surface area contributed by atoms with Gasteiger partial charge in [-0.2, -0.15) is 0 Å². The number of rotatable bonds is 3. The van der Waals surface area contributed by atoms with Crippen LogP contribution in [0.15, 0.2) is 40.6 Å². The molecule has 1 heterocycles. The summed E-state index contributed by atoms with van der Waals surface area (Å²) in [6.07, 6.45) is 0. The van der Waals surface area contributed by atoms with Gasteiger partial charge in [0.1, 0.15) is 6.61 Å². The first-order chi connectivity index (χ1) is 8.78. The molecule has 0 fully saturated rings. The van der Waals surface area contributed by atoms with Crippen LogP contribution in [0.25, 0.3) is 0 Å². The van der Waals surface area contributed by atoms with E-state index in [1.54, 1.807) is 23.1 Å². The molecule has 0 saturated heterocycles. The molecule has 0 aliphatic rings. The van der Waals surface area contributed by atoms with Crippen LogP contribution in [-0.2, 0) is 5.75 Å². The Bertz CT molecular complexity index is 581. The molecule has 1 aromatic carbocycles. The Hall–Kier alpha value is -0.920. The molecule has 18 heavy (non-hydrogen) atoms. The van der Waals surface area contributed by atoms with Gasteiger partial charge in [0.05, 0.1) is 0 Å². The third-order valence-electron chi connectivity index (χ3n) is 2.14. The van der Waals surface area contributed by atoms with Gasteiger partial charge in [-0.05, 0) is 24.3 Å². The van der Waals surface area contributed by atoms with E-state index in [1.165, 1.54) is 9.77 Å². The average molecular weight is 295 g/mol. The summed E-state index contributed by atoms with van der Waals surface area (Å²) < 4.78 is 0. The molecule has 2 rings (SSSR count). The van der Waals surface area contributed by atoms with E-state index in [2.05, 4.69) is 24.0 Å². The molecule has 0 amide bonds. The van der Waals surface area contributed by atoms with Crippen LogP contribution in [0.1, 0.15) is 10.4 Å². The molecule has 0 aliphatic carbocycles. The predicted molar refractivity (Wildman–Crippen MR) is 79.3 cm³/mol. The monoisotopic (exact) mass is 294 g/mol. The lowest BCUT2D eigenvalue weighted by molar-refractivity contribution is 0.350. The lowest BCUT2D eigenvalue weighted by Crippen LogP contribution is -1.76. The van der Waals surface area contributed by atoms with Crippen molar-refractivity contribution in [2.75, 3.05) is 6.61 Å². The van der Waals surface area contributed by atoms with Crippen LogP contribution in [0.5, 0.6) is 0 Å². The molecule has 0 bridgehead atoms. The number of aliphatic hydroxyl groups excluding tert-OH is 1. The van der Waals surface area contributed by atoms with Crippen molar-refractivity contribution in [3.63, 3.8) is 0 Å². The molecular weight excluding hydrogens is 284 g/mol. The molecule has 0 unspecified atom stereocenters. The highest BCUT2D eigenvalue weighted by molar-refractivity contribution is 7.98. The summed E-state index contributed by atoms with van der Waals surface area (Å²) in [6.45, 7) is -0.0948. The van der Waals surface area contributed by atoms with Gasteiger partial charge in [0, 0.05) is 31.5 Å². The summed E-state index contributed by atoms with van der Waals surface area (Å²) in [6, 6.07) is 9.91. The first-order valence-corrected chi connectivity index (χ1v) is 7.58. The molecule has 0 radical (unpaired) electrons. The Morgan fingerprint density at radius 2 is 2.22 bits per heavy atom. The van der Waals surface area contributed by atoms with Crippen molar-refractivity contribution in [1.29, 1.82) is 0 Å². The molecule has 0 spiro atoms. The fourth-order valence-electron chi connectivity index (χ4n) is 1.37. The fourth-order valence-corrected chi connectivity index (χ4v) is 3.46. The number of hydrogen-bond acceptors (Lipinski definition) is 3. The number of thioether (sulfide) groups is 1. The zero-order chi connectivity index (χ0) is 12.8. The molecule has 0 atom stereocenters. The lowest BCUT2D eigenvalue weighted by Gasteiger charge is -1.99. The van der Waals surface area contributed by atoms with Gasteiger partial charge < -0.3 is 5.11 Å². The van der Waals surface area contributed by atoms with E-state index in [0.717, 1.165) is 16.3 Å². The third-order valence-corrected chi connectivity index (χ3v) is 4.54. The zero-order valence-electron chi connectivity index (χ0n) is 9.52. The summed E-state index contributed by atoms with van der Waals surface area (Å²) in [4.78, 5) is 2.43. The second-order valence-electron chi connectivity index (χ2n) is 3.51. The maximum absolute atomic E-state index is 8.63. The minimum absolute atomic E-state index is 0.0948. The average Bonchev–Trinajstić information content (AvgIpc) is 2.82. The van der Waals surface area contributed by atoms with Crippen molar-refractivity contribution < 1.29 is 5.11 Å². The van der Waals surface area contributed by atoms with E-state index in [4.69, 9.17) is 16.7 Å². The van der Waals surface area contributed by atoms with Crippen molar-refractivity contribution in [1.82, 2.24) is 0 Å². The highest BCUT2D eigenvalue weighted by Gasteiger charge is 2.00. The largest absolute Gasteiger partial charge is 0.384 e. The molecule has 1 N–H and O–H groups in total. The van der Waals surface area contributed by atoms with Gasteiger partial charge >= 0.3 is 0 Å². The van der Waals surface area contributed by atoms with Crippen LogP contribution < -0.4 is 0 Å². The summed E-state index contributed by atoms with van der Waals surface area (Å²) in [5, 5.41) is 11.4. The number of aliphatic hydroxyl groups is 1. The van der Waals surface area contributed by atoms with Crippen LogP contribution in [0.2, 0.25) is 5.02 Å². The highest BCUT2D eigenvalue weighted by atomic mass is 35.5. The predicted octanol–water partition coefficient (Wildman–Crippen LogP) is 4.04. The molecule has 1 nitrogen and oxygen atoms in total. The van der Waals surface area contributed by atoms with Crippen LogP contribution >= 0.6 is 34.7 Å². The third kappa shape index (κ3) is 4.08. The van der Waals surface area contributed by atoms with E-state index in [9.17, 15) is 0 Å². The number of thiophene rings is 1. The molecule has 92 valence electrons. The Labute approximate surface area is 120 Å². The van der Waals surface area contributed by atoms with E-state index >= 15 is 0 Å². The smallest absolute Gasteiger partial charge is 0.104 e. The van der Waals surface area contributed by atoms with Crippen molar-refractivity contribution >= 4 is 34.7 Å². The van der Waals surface area contributed by atoms with Crippen LogP contribution in [0.4, 0.5) is 0 Å². The maximum Gasteiger partial charge on any atom is 0.104 e. The first-order valence-electron chi connectivity index (χ1n) is 5.33. The normalized spacial score (nSPS) is 9.89. The lowest BCUT2D eigenvalue weighted by atomic mass is 10.3. The Balaban J connectivity index is 1.96. The topological polar surface area (TPSA) is 20.2 Å². The Morgan fingerprint density at radius 1 is 1.33 bits per heavy atom. The van der Waals surface area contributed by atoms with Gasteiger partial charge in [-0.3, -0.25) is 0 Å². The molecule has 0 aliphatic heterocycles. The molecular formula is C14H11ClOS2. The van der Waals surface area contributed by atoms with Crippen molar-refractivity contribution in [2.45, 2.75) is 10.6 Å². The van der Waals surface area contributed by atoms with E-state index in [-0.39, 0.29) is 6.61 Å². The van der Waals surface area contributed by atoms with Gasteiger partial charge in [0.25, 0.3) is 0 Å². The van der Waals surface area contributed by atoms with Gasteiger partial charge in [-0.1, -0.05) is 29.5 Å². The van der Waals surface area contributed by atoms with Gasteiger partial charge in [0.15, 0.2) is 0 Å². The summed E-state index contributed by atoms with van der Waals surface area (Å²) in [5.74, 6) is 6.46. The van der Waals surface area contributed by atoms with E-state index in [1.807, 2.05) is 23.6 Å². The molecule has 4 heteroatoms. The summed E-state index contributed by atoms with van der Waals surface area (Å²) in [7, 11) is 0. The van der Waals surface area contributed by atoms with Crippen molar-refractivity contribution in [3.8, 4) is 11.8 Å². The highest BCUT2D eigenvalue weighted by Crippen LogP contribution is 2.27. The maximum atomic E-state index is 8.63. The minimum atomic E-state index is -0.0948. The van der Waals surface area contributed by atoms with Crippen molar-refractivity contribution in [3.05, 3.63) is 51.2 Å². The first kappa shape index (κ1) is 13.5. The zero-order valence-corrected chi connectivity index (χ0v) is 11.9. The van der Waals surface area contributed by atoms with Crippen LogP contribution in [0.3, 0.4) is 0 Å². The summed E-state index contributed by atoms with van der Waals surface area (Å²) in [5.41, 5.74) is 0.968. The summed E-state index contributed by atoms with van der Waals surface area (Å²) >= 11 is 9.37.